The number of ether oxygens (including phenoxy) is 3. The Labute approximate surface area is 211 Å². The van der Waals surface area contributed by atoms with Crippen molar-refractivity contribution in [1.82, 2.24) is 4.90 Å². The van der Waals surface area contributed by atoms with Gasteiger partial charge in [-0.15, -0.1) is 6.58 Å². The fraction of sp³-hybridized carbons (Fsp3) is 0.462. The summed E-state index contributed by atoms with van der Waals surface area (Å²) in [5.41, 5.74) is -0.428. The van der Waals surface area contributed by atoms with Gasteiger partial charge in [0.05, 0.1) is 18.5 Å². The zero-order chi connectivity index (χ0) is 26.9. The first kappa shape index (κ1) is 28.5. The van der Waals surface area contributed by atoms with E-state index in [0.717, 1.165) is 6.61 Å². The van der Waals surface area contributed by atoms with Crippen molar-refractivity contribution in [3.05, 3.63) is 60.2 Å². The highest BCUT2D eigenvalue weighted by Crippen LogP contribution is 2.36. The lowest BCUT2D eigenvalue weighted by atomic mass is 9.91. The van der Waals surface area contributed by atoms with Crippen LogP contribution in [0.1, 0.15) is 40.5 Å². The molecule has 9 nitrogen and oxygen atoms in total. The third-order valence-electron chi connectivity index (χ3n) is 5.55. The average Bonchev–Trinajstić information content (AvgIpc) is 3.24. The van der Waals surface area contributed by atoms with Gasteiger partial charge in [-0.3, -0.25) is 14.7 Å². The lowest BCUT2D eigenvalue weighted by molar-refractivity contribution is -0.143. The number of halogens is 1. The van der Waals surface area contributed by atoms with Gasteiger partial charge in [-0.05, 0) is 59.2 Å². The number of hydrogen-bond acceptors (Lipinski definition) is 8. The van der Waals surface area contributed by atoms with Crippen LogP contribution < -0.4 is 0 Å². The van der Waals surface area contributed by atoms with Gasteiger partial charge in [0.2, 0.25) is 0 Å². The minimum absolute atomic E-state index is 0.0417. The van der Waals surface area contributed by atoms with E-state index in [2.05, 4.69) is 23.3 Å². The summed E-state index contributed by atoms with van der Waals surface area (Å²) < 4.78 is 27.9. The highest BCUT2D eigenvalue weighted by atomic mass is 19.1. The monoisotopic (exact) mass is 503 g/mol. The number of hydrogen-bond donors (Lipinski definition) is 1. The predicted molar refractivity (Wildman–Crippen MR) is 135 cm³/mol. The second kappa shape index (κ2) is 12.9. The van der Waals surface area contributed by atoms with Crippen LogP contribution in [-0.2, 0) is 23.8 Å². The molecule has 1 amide bonds. The van der Waals surface area contributed by atoms with E-state index in [1.54, 1.807) is 26.0 Å². The van der Waals surface area contributed by atoms with Gasteiger partial charge in [0, 0.05) is 6.20 Å². The molecular weight excluding hydrogens is 469 g/mol. The maximum Gasteiger partial charge on any atom is 0.347 e. The maximum absolute atomic E-state index is 12.9. The zero-order valence-electron chi connectivity index (χ0n) is 21.1. The summed E-state index contributed by atoms with van der Waals surface area (Å²) in [5, 5.41) is 10.6. The summed E-state index contributed by atoms with van der Waals surface area (Å²) in [7, 11) is 0. The summed E-state index contributed by atoms with van der Waals surface area (Å²) in [6.07, 6.45) is 9.20. The number of aliphatic imine (C=N–C) groups is 2. The standard InChI is InChI=1S/C21H25FN2O5.C5H9NO/c1-5-14(8-7-11-22)9-10-15-18-17(23-4)19(25)16(21(27)28-6-2)20(26)24(18)12-13(3)29-15;1-5(2)3-7-4-6-5/h5,7,10-12,14,17-18,25H,1,4,6,8-9H2,2-3H3;4H,3H2,1-2H3/b11-7+,15-10-;. The molecule has 0 spiro atoms. The van der Waals surface area contributed by atoms with Crippen LogP contribution in [0.2, 0.25) is 0 Å². The summed E-state index contributed by atoms with van der Waals surface area (Å²) in [6.45, 7) is 15.4. The first-order valence-corrected chi connectivity index (χ1v) is 11.6. The van der Waals surface area contributed by atoms with Gasteiger partial charge in [0.15, 0.2) is 12.0 Å². The molecule has 0 bridgehead atoms. The molecule has 3 heterocycles. The van der Waals surface area contributed by atoms with Gasteiger partial charge in [0.25, 0.3) is 5.91 Å². The first-order chi connectivity index (χ1) is 17.1. The third-order valence-corrected chi connectivity index (χ3v) is 5.55. The molecule has 196 valence electrons. The average molecular weight is 504 g/mol. The van der Waals surface area contributed by atoms with Crippen LogP contribution in [0.25, 0.3) is 0 Å². The van der Waals surface area contributed by atoms with Crippen LogP contribution in [0.3, 0.4) is 0 Å². The van der Waals surface area contributed by atoms with Crippen molar-refractivity contribution in [3.8, 4) is 0 Å². The number of amides is 1. The van der Waals surface area contributed by atoms with E-state index in [1.807, 2.05) is 13.8 Å². The number of carbonyl (C=O) groups excluding carboxylic acids is 2. The van der Waals surface area contributed by atoms with E-state index in [0.29, 0.717) is 30.7 Å². The molecule has 0 aromatic carbocycles. The Kier molecular flexibility index (Phi) is 10.2. The molecule has 10 heteroatoms. The summed E-state index contributed by atoms with van der Waals surface area (Å²) >= 11 is 0. The van der Waals surface area contributed by atoms with Crippen LogP contribution in [0.15, 0.2) is 70.2 Å². The van der Waals surface area contributed by atoms with Gasteiger partial charge in [-0.1, -0.05) is 12.2 Å². The van der Waals surface area contributed by atoms with E-state index in [4.69, 9.17) is 14.2 Å². The number of esters is 1. The molecule has 3 rings (SSSR count). The van der Waals surface area contributed by atoms with Crippen molar-refractivity contribution in [1.29, 1.82) is 0 Å². The molecule has 36 heavy (non-hydrogen) atoms. The van der Waals surface area contributed by atoms with E-state index in [-0.39, 0.29) is 18.1 Å². The van der Waals surface area contributed by atoms with Crippen molar-refractivity contribution in [2.45, 2.75) is 58.2 Å². The minimum Gasteiger partial charge on any atom is -0.509 e. The van der Waals surface area contributed by atoms with Crippen molar-refractivity contribution in [2.75, 3.05) is 13.2 Å². The molecule has 0 aliphatic carbocycles. The summed E-state index contributed by atoms with van der Waals surface area (Å²) in [5.74, 6) is -1.39. The van der Waals surface area contributed by atoms with Crippen molar-refractivity contribution < 1.29 is 33.3 Å². The fourth-order valence-electron chi connectivity index (χ4n) is 3.70. The van der Waals surface area contributed by atoms with Gasteiger partial charge >= 0.3 is 5.97 Å². The third kappa shape index (κ3) is 6.93. The molecular formula is C26H34FN3O6. The van der Waals surface area contributed by atoms with E-state index >= 15 is 0 Å². The normalized spacial score (nSPS) is 24.2. The van der Waals surface area contributed by atoms with E-state index in [1.165, 1.54) is 23.6 Å². The smallest absolute Gasteiger partial charge is 0.347 e. The first-order valence-electron chi connectivity index (χ1n) is 11.6. The number of rotatable bonds is 8. The Bertz CT molecular complexity index is 1010. The van der Waals surface area contributed by atoms with Crippen molar-refractivity contribution in [3.63, 3.8) is 0 Å². The molecule has 0 radical (unpaired) electrons. The number of fused-ring (bicyclic) bond motifs is 1. The molecule has 3 aliphatic rings. The minimum atomic E-state index is -1.00. The predicted octanol–water partition coefficient (Wildman–Crippen LogP) is 4.31. The summed E-state index contributed by atoms with van der Waals surface area (Å²) in [6, 6.07) is -1.81. The fourth-order valence-corrected chi connectivity index (χ4v) is 3.70. The van der Waals surface area contributed by atoms with Crippen LogP contribution in [-0.4, -0.2) is 65.8 Å². The SMILES string of the molecule is C=CC(C/C=C1\OC(C)=CN2C(=O)C(C(=O)OCC)=C(O)C(N=C)C12)C/C=C/F.CC1(C)COC=N1. The van der Waals surface area contributed by atoms with Crippen LogP contribution in [0.5, 0.6) is 0 Å². The van der Waals surface area contributed by atoms with Gasteiger partial charge in [-0.25, -0.2) is 14.2 Å². The molecule has 3 aliphatic heterocycles. The molecule has 0 aromatic rings. The Morgan fingerprint density at radius 3 is 2.69 bits per heavy atom. The second-order valence-electron chi connectivity index (χ2n) is 8.90. The molecule has 0 saturated heterocycles. The lowest BCUT2D eigenvalue weighted by Crippen LogP contribution is -2.53. The molecule has 0 saturated carbocycles. The second-order valence-corrected chi connectivity index (χ2v) is 8.90. The number of aliphatic hydroxyl groups excluding tert-OH is 1. The van der Waals surface area contributed by atoms with Crippen LogP contribution >= 0.6 is 0 Å². The van der Waals surface area contributed by atoms with Crippen molar-refractivity contribution in [2.24, 2.45) is 15.9 Å². The molecule has 3 atom stereocenters. The van der Waals surface area contributed by atoms with Crippen molar-refractivity contribution >= 4 is 25.0 Å². The number of allylic oxidation sites excluding steroid dienone is 4. The lowest BCUT2D eigenvalue weighted by Gasteiger charge is -2.41. The highest BCUT2D eigenvalue weighted by molar-refractivity contribution is 6.18. The maximum atomic E-state index is 12.9. The number of carbonyl (C=O) groups is 2. The summed E-state index contributed by atoms with van der Waals surface area (Å²) in [4.78, 5) is 34.4. The molecule has 0 aromatic heterocycles. The Morgan fingerprint density at radius 1 is 1.47 bits per heavy atom. The van der Waals surface area contributed by atoms with Gasteiger partial charge in [0.1, 0.15) is 36.0 Å². The number of nitrogens with zero attached hydrogens (tertiary/aromatic N) is 3. The molecule has 3 unspecified atom stereocenters. The highest BCUT2D eigenvalue weighted by Gasteiger charge is 2.48. The molecule has 1 N–H and O–H groups in total. The number of aliphatic hydroxyl groups is 1. The van der Waals surface area contributed by atoms with Gasteiger partial charge in [-0.2, -0.15) is 0 Å². The van der Waals surface area contributed by atoms with Crippen LogP contribution in [0, 0.1) is 5.92 Å². The van der Waals surface area contributed by atoms with Gasteiger partial charge < -0.3 is 19.3 Å². The Balaban J connectivity index is 0.000000558. The quantitative estimate of drug-likeness (QED) is 0.229. The van der Waals surface area contributed by atoms with Crippen LogP contribution in [0.4, 0.5) is 4.39 Å². The topological polar surface area (TPSA) is 110 Å². The Morgan fingerprint density at radius 2 is 2.19 bits per heavy atom. The van der Waals surface area contributed by atoms with E-state index in [9.17, 15) is 19.1 Å². The largest absolute Gasteiger partial charge is 0.509 e. The zero-order valence-corrected chi connectivity index (χ0v) is 21.1. The Hall–Kier alpha value is -3.69. The van der Waals surface area contributed by atoms with E-state index < -0.39 is 35.3 Å². The molecule has 0 fully saturated rings.